The van der Waals surface area contributed by atoms with Crippen molar-refractivity contribution in [3.05, 3.63) is 47.5 Å². The number of hydrogen-bond acceptors (Lipinski definition) is 6. The normalized spacial score (nSPS) is 18.9. The first-order valence-electron chi connectivity index (χ1n) is 10.5. The van der Waals surface area contributed by atoms with Crippen molar-refractivity contribution in [1.29, 1.82) is 0 Å². The van der Waals surface area contributed by atoms with Gasteiger partial charge in [0.05, 0.1) is 48.4 Å². The van der Waals surface area contributed by atoms with E-state index in [1.807, 2.05) is 24.3 Å². The van der Waals surface area contributed by atoms with Crippen molar-refractivity contribution in [2.45, 2.75) is 26.7 Å². The number of hydrogen-bond donors (Lipinski definition) is 0. The molecular weight excluding hydrogens is 384 g/mol. The number of carbonyl (C=O) groups excluding carboxylic acids is 2. The van der Waals surface area contributed by atoms with Gasteiger partial charge in [-0.2, -0.15) is 0 Å². The van der Waals surface area contributed by atoms with Gasteiger partial charge in [0.2, 0.25) is 0 Å². The maximum absolute atomic E-state index is 12.8. The van der Waals surface area contributed by atoms with Gasteiger partial charge in [0.25, 0.3) is 0 Å². The van der Waals surface area contributed by atoms with Crippen molar-refractivity contribution < 1.29 is 28.5 Å². The van der Waals surface area contributed by atoms with Crippen LogP contribution in [0, 0.1) is 10.8 Å². The molecule has 0 aromatic heterocycles. The molecule has 0 atom stereocenters. The van der Waals surface area contributed by atoms with Crippen molar-refractivity contribution in [3.8, 4) is 0 Å². The first-order chi connectivity index (χ1) is 14.5. The van der Waals surface area contributed by atoms with Crippen molar-refractivity contribution in [3.63, 3.8) is 0 Å². The van der Waals surface area contributed by atoms with Gasteiger partial charge in [0, 0.05) is 0 Å². The molecule has 4 rings (SSSR count). The maximum atomic E-state index is 12.8. The zero-order valence-electron chi connectivity index (χ0n) is 17.6. The van der Waals surface area contributed by atoms with Crippen molar-refractivity contribution in [2.75, 3.05) is 39.6 Å². The lowest BCUT2D eigenvalue weighted by Gasteiger charge is -2.40. The summed E-state index contributed by atoms with van der Waals surface area (Å²) in [5, 5.41) is 1.37. The number of esters is 2. The number of rotatable bonds is 8. The average molecular weight is 412 g/mol. The minimum absolute atomic E-state index is 0.0737. The summed E-state index contributed by atoms with van der Waals surface area (Å²) in [5.74, 6) is -0.773. The lowest BCUT2D eigenvalue weighted by atomic mass is 9.84. The Balaban J connectivity index is 1.52. The van der Waals surface area contributed by atoms with Crippen LogP contribution in [-0.4, -0.2) is 51.6 Å². The second-order valence-electron chi connectivity index (χ2n) is 8.55. The molecule has 2 aromatic rings. The third-order valence-corrected chi connectivity index (χ3v) is 6.52. The molecule has 6 nitrogen and oxygen atoms in total. The van der Waals surface area contributed by atoms with E-state index >= 15 is 0 Å². The van der Waals surface area contributed by atoms with Crippen LogP contribution in [0.4, 0.5) is 0 Å². The standard InChI is InChI=1S/C24H28O6/c1-3-23(11-27-12-23)15-29-21(25)19-9-10-20(18-8-6-5-7-17(18)19)22(26)30-16-24(4-2)13-28-14-24/h5-10H,3-4,11-16H2,1-2H3. The predicted octanol–water partition coefficient (Wildman–Crippen LogP) is 4.01. The summed E-state index contributed by atoms with van der Waals surface area (Å²) in [4.78, 5) is 25.6. The van der Waals surface area contributed by atoms with Crippen molar-refractivity contribution in [2.24, 2.45) is 10.8 Å². The molecule has 0 saturated carbocycles. The molecule has 0 unspecified atom stereocenters. The minimum atomic E-state index is -0.387. The van der Waals surface area contributed by atoms with E-state index in [1.54, 1.807) is 12.1 Å². The second-order valence-corrected chi connectivity index (χ2v) is 8.55. The predicted molar refractivity (Wildman–Crippen MR) is 112 cm³/mol. The lowest BCUT2D eigenvalue weighted by Crippen LogP contribution is -2.46. The molecule has 30 heavy (non-hydrogen) atoms. The molecule has 0 radical (unpaired) electrons. The molecule has 2 heterocycles. The average Bonchev–Trinajstić information content (AvgIpc) is 2.71. The van der Waals surface area contributed by atoms with E-state index in [4.69, 9.17) is 18.9 Å². The molecule has 0 spiro atoms. The summed E-state index contributed by atoms with van der Waals surface area (Å²) < 4.78 is 21.8. The summed E-state index contributed by atoms with van der Waals surface area (Å²) >= 11 is 0. The first kappa shape index (κ1) is 20.8. The summed E-state index contributed by atoms with van der Waals surface area (Å²) in [7, 11) is 0. The SMILES string of the molecule is CCC1(COC(=O)c2ccc(C(=O)OCC3(CC)COC3)c3ccccc23)COC1. The van der Waals surface area contributed by atoms with Gasteiger partial charge in [-0.05, 0) is 35.7 Å². The van der Waals surface area contributed by atoms with E-state index in [2.05, 4.69) is 13.8 Å². The van der Waals surface area contributed by atoms with Gasteiger partial charge in [-0.25, -0.2) is 9.59 Å². The molecule has 2 aliphatic rings. The maximum Gasteiger partial charge on any atom is 0.338 e. The van der Waals surface area contributed by atoms with Crippen molar-refractivity contribution >= 4 is 22.7 Å². The molecular formula is C24H28O6. The summed E-state index contributed by atoms with van der Waals surface area (Å²) in [6.45, 7) is 7.29. The minimum Gasteiger partial charge on any atom is -0.461 e. The molecule has 160 valence electrons. The van der Waals surface area contributed by atoms with E-state index in [0.29, 0.717) is 61.5 Å². The summed E-state index contributed by atoms with van der Waals surface area (Å²) in [5.41, 5.74) is 0.753. The van der Waals surface area contributed by atoms with Crippen LogP contribution in [0.25, 0.3) is 10.8 Å². The number of ether oxygens (including phenoxy) is 4. The van der Waals surface area contributed by atoms with Crippen LogP contribution < -0.4 is 0 Å². The first-order valence-corrected chi connectivity index (χ1v) is 10.5. The third kappa shape index (κ3) is 3.82. The molecule has 0 aliphatic carbocycles. The highest BCUT2D eigenvalue weighted by Gasteiger charge is 2.39. The van der Waals surface area contributed by atoms with E-state index in [1.165, 1.54) is 0 Å². The van der Waals surface area contributed by atoms with Gasteiger partial charge in [0.15, 0.2) is 0 Å². The van der Waals surface area contributed by atoms with Crippen molar-refractivity contribution in [1.82, 2.24) is 0 Å². The van der Waals surface area contributed by atoms with Crippen LogP contribution in [-0.2, 0) is 18.9 Å². The molecule has 2 aliphatic heterocycles. The highest BCUT2D eigenvalue weighted by atomic mass is 16.6. The van der Waals surface area contributed by atoms with Gasteiger partial charge in [-0.1, -0.05) is 38.1 Å². The van der Waals surface area contributed by atoms with Gasteiger partial charge >= 0.3 is 11.9 Å². The van der Waals surface area contributed by atoms with E-state index in [9.17, 15) is 9.59 Å². The molecule has 0 amide bonds. The fraction of sp³-hybridized carbons (Fsp3) is 0.500. The van der Waals surface area contributed by atoms with E-state index < -0.39 is 0 Å². The van der Waals surface area contributed by atoms with Crippen LogP contribution in [0.2, 0.25) is 0 Å². The zero-order chi connectivity index (χ0) is 21.2. The Morgan fingerprint density at radius 3 is 1.47 bits per heavy atom. The summed E-state index contributed by atoms with van der Waals surface area (Å²) in [6.07, 6.45) is 1.80. The summed E-state index contributed by atoms with van der Waals surface area (Å²) in [6, 6.07) is 10.7. The highest BCUT2D eigenvalue weighted by Crippen LogP contribution is 2.33. The third-order valence-electron chi connectivity index (χ3n) is 6.52. The Labute approximate surface area is 176 Å². The van der Waals surface area contributed by atoms with Gasteiger partial charge in [-0.15, -0.1) is 0 Å². The molecule has 2 fully saturated rings. The van der Waals surface area contributed by atoms with Gasteiger partial charge in [-0.3, -0.25) is 0 Å². The largest absolute Gasteiger partial charge is 0.461 e. The van der Waals surface area contributed by atoms with Gasteiger partial charge in [0.1, 0.15) is 13.2 Å². The number of benzene rings is 2. The van der Waals surface area contributed by atoms with Crippen LogP contribution in [0.5, 0.6) is 0 Å². The number of fused-ring (bicyclic) bond motifs is 1. The zero-order valence-corrected chi connectivity index (χ0v) is 17.6. The van der Waals surface area contributed by atoms with E-state index in [-0.39, 0.29) is 22.8 Å². The molecule has 2 aromatic carbocycles. The molecule has 6 heteroatoms. The number of carbonyl (C=O) groups is 2. The Hall–Kier alpha value is -2.44. The topological polar surface area (TPSA) is 71.1 Å². The van der Waals surface area contributed by atoms with E-state index in [0.717, 1.165) is 12.8 Å². The smallest absolute Gasteiger partial charge is 0.338 e. The monoisotopic (exact) mass is 412 g/mol. The quantitative estimate of drug-likeness (QED) is 0.610. The van der Waals surface area contributed by atoms with Crippen LogP contribution in [0.3, 0.4) is 0 Å². The van der Waals surface area contributed by atoms with Gasteiger partial charge < -0.3 is 18.9 Å². The molecule has 0 N–H and O–H groups in total. The Morgan fingerprint density at radius 2 is 1.17 bits per heavy atom. The Morgan fingerprint density at radius 1 is 0.767 bits per heavy atom. The van der Waals surface area contributed by atoms with Crippen LogP contribution >= 0.6 is 0 Å². The highest BCUT2D eigenvalue weighted by molar-refractivity contribution is 6.11. The fourth-order valence-electron chi connectivity index (χ4n) is 3.81. The Kier molecular flexibility index (Phi) is 5.80. The second kappa shape index (κ2) is 8.36. The van der Waals surface area contributed by atoms with Crippen LogP contribution in [0.15, 0.2) is 36.4 Å². The molecule has 2 saturated heterocycles. The molecule has 0 bridgehead atoms. The Bertz CT molecular complexity index is 854. The lowest BCUT2D eigenvalue weighted by molar-refractivity contribution is -0.140. The van der Waals surface area contributed by atoms with Crippen LogP contribution in [0.1, 0.15) is 47.4 Å². The fourth-order valence-corrected chi connectivity index (χ4v) is 3.81.